The number of carbonyl (C=O) groups is 1. The van der Waals surface area contributed by atoms with Gasteiger partial charge in [-0.15, -0.1) is 0 Å². The molecule has 0 atom stereocenters. The highest BCUT2D eigenvalue weighted by atomic mass is 32.2. The molecule has 1 saturated heterocycles. The van der Waals surface area contributed by atoms with Crippen molar-refractivity contribution in [1.82, 2.24) is 15.1 Å². The molecule has 7 nitrogen and oxygen atoms in total. The average Bonchev–Trinajstić information content (AvgIpc) is 2.78. The maximum atomic E-state index is 13.0. The number of para-hydroxylation sites is 1. The molecule has 1 aliphatic rings. The van der Waals surface area contributed by atoms with Gasteiger partial charge in [-0.3, -0.25) is 9.10 Å². The van der Waals surface area contributed by atoms with E-state index in [9.17, 15) is 13.2 Å². The second-order valence-electron chi connectivity index (χ2n) is 7.56. The van der Waals surface area contributed by atoms with Crippen molar-refractivity contribution < 1.29 is 13.2 Å². The van der Waals surface area contributed by atoms with Crippen LogP contribution in [0.25, 0.3) is 0 Å². The summed E-state index contributed by atoms with van der Waals surface area (Å²) in [5.41, 5.74) is 0.706. The Hall–Kier alpha value is -2.42. The first-order valence-corrected chi connectivity index (χ1v) is 11.7. The molecule has 0 bridgehead atoms. The first-order chi connectivity index (χ1) is 14.4. The molecule has 2 aromatic rings. The zero-order chi connectivity index (χ0) is 21.6. The Bertz CT molecular complexity index is 942. The minimum atomic E-state index is -3.75. The Kier molecular flexibility index (Phi) is 7.47. The minimum Gasteiger partial charge on any atom is -0.352 e. The smallest absolute Gasteiger partial charge is 0.264 e. The number of hydrogen-bond donors (Lipinski definition) is 1. The number of likely N-dealkylation sites (N-methyl/N-ethyl adjacent to an activating group) is 1. The molecule has 0 spiro atoms. The Morgan fingerprint density at radius 2 is 1.63 bits per heavy atom. The fourth-order valence-corrected chi connectivity index (χ4v) is 4.73. The van der Waals surface area contributed by atoms with Gasteiger partial charge in [-0.1, -0.05) is 30.3 Å². The third kappa shape index (κ3) is 5.38. The maximum absolute atomic E-state index is 13.0. The highest BCUT2D eigenvalue weighted by Crippen LogP contribution is 2.25. The highest BCUT2D eigenvalue weighted by molar-refractivity contribution is 7.92. The van der Waals surface area contributed by atoms with Gasteiger partial charge in [0.15, 0.2) is 0 Å². The lowest BCUT2D eigenvalue weighted by Crippen LogP contribution is -2.45. The number of anilines is 1. The average molecular weight is 431 g/mol. The monoisotopic (exact) mass is 430 g/mol. The summed E-state index contributed by atoms with van der Waals surface area (Å²) in [6, 6.07) is 15.0. The first-order valence-electron chi connectivity index (χ1n) is 10.2. The molecule has 30 heavy (non-hydrogen) atoms. The second kappa shape index (κ2) is 10.1. The van der Waals surface area contributed by atoms with Crippen molar-refractivity contribution in [2.24, 2.45) is 0 Å². The lowest BCUT2D eigenvalue weighted by Gasteiger charge is -2.32. The number of sulfonamides is 1. The van der Waals surface area contributed by atoms with Crippen LogP contribution in [0.5, 0.6) is 0 Å². The van der Waals surface area contributed by atoms with Crippen molar-refractivity contribution >= 4 is 21.6 Å². The quantitative estimate of drug-likeness (QED) is 0.648. The molecule has 8 heteroatoms. The number of amides is 1. The van der Waals surface area contributed by atoms with Gasteiger partial charge in [0.05, 0.1) is 16.1 Å². The number of carbonyl (C=O) groups excluding carboxylic acids is 1. The summed E-state index contributed by atoms with van der Waals surface area (Å²) in [7, 11) is -0.147. The number of hydrogen-bond acceptors (Lipinski definition) is 5. The number of nitrogens with zero attached hydrogens (tertiary/aromatic N) is 3. The maximum Gasteiger partial charge on any atom is 0.264 e. The van der Waals surface area contributed by atoms with E-state index in [0.29, 0.717) is 17.8 Å². The summed E-state index contributed by atoms with van der Waals surface area (Å²) in [5.74, 6) is -0.265. The van der Waals surface area contributed by atoms with Crippen LogP contribution in [0.15, 0.2) is 59.5 Å². The molecule has 162 valence electrons. The minimum absolute atomic E-state index is 0.190. The van der Waals surface area contributed by atoms with E-state index in [1.165, 1.54) is 11.4 Å². The van der Waals surface area contributed by atoms with Gasteiger partial charge in [-0.25, -0.2) is 8.42 Å². The SMILES string of the molecule is CN1CCN(CCCNC(=O)c2ccccc2N(C)S(=O)(=O)c2ccccc2)CC1. The predicted molar refractivity (Wildman–Crippen MR) is 119 cm³/mol. The molecule has 3 rings (SSSR count). The molecule has 0 aromatic heterocycles. The van der Waals surface area contributed by atoms with Crippen molar-refractivity contribution in [3.63, 3.8) is 0 Å². The predicted octanol–water partition coefficient (Wildman–Crippen LogP) is 1.88. The number of rotatable bonds is 8. The van der Waals surface area contributed by atoms with Gasteiger partial charge in [0, 0.05) is 39.8 Å². The van der Waals surface area contributed by atoms with Gasteiger partial charge in [0.2, 0.25) is 0 Å². The molecule has 2 aromatic carbocycles. The highest BCUT2D eigenvalue weighted by Gasteiger charge is 2.24. The van der Waals surface area contributed by atoms with Crippen LogP contribution >= 0.6 is 0 Å². The molecular weight excluding hydrogens is 400 g/mol. The van der Waals surface area contributed by atoms with E-state index in [2.05, 4.69) is 22.2 Å². The van der Waals surface area contributed by atoms with E-state index >= 15 is 0 Å². The largest absolute Gasteiger partial charge is 0.352 e. The van der Waals surface area contributed by atoms with Crippen molar-refractivity contribution in [2.75, 3.05) is 57.7 Å². The van der Waals surface area contributed by atoms with Crippen molar-refractivity contribution in [3.8, 4) is 0 Å². The summed E-state index contributed by atoms with van der Waals surface area (Å²) >= 11 is 0. The molecular formula is C22H30N4O3S. The molecule has 0 radical (unpaired) electrons. The van der Waals surface area contributed by atoms with Crippen LogP contribution in [0.2, 0.25) is 0 Å². The topological polar surface area (TPSA) is 73.0 Å². The van der Waals surface area contributed by atoms with Gasteiger partial charge in [0.1, 0.15) is 0 Å². The molecule has 1 N–H and O–H groups in total. The van der Waals surface area contributed by atoms with Crippen LogP contribution in [0.1, 0.15) is 16.8 Å². The number of nitrogens with one attached hydrogen (secondary N) is 1. The van der Waals surface area contributed by atoms with Crippen molar-refractivity contribution in [3.05, 3.63) is 60.2 Å². The normalized spacial score (nSPS) is 15.7. The summed E-state index contributed by atoms with van der Waals surface area (Å²) in [6.07, 6.45) is 0.857. The second-order valence-corrected chi connectivity index (χ2v) is 9.53. The van der Waals surface area contributed by atoms with Crippen LogP contribution in [0.4, 0.5) is 5.69 Å². The molecule has 1 amide bonds. The van der Waals surface area contributed by atoms with Crippen LogP contribution in [-0.2, 0) is 10.0 Å². The summed E-state index contributed by atoms with van der Waals surface area (Å²) in [5, 5.41) is 2.94. The summed E-state index contributed by atoms with van der Waals surface area (Å²) in [6.45, 7) is 5.74. The van der Waals surface area contributed by atoms with Gasteiger partial charge in [-0.2, -0.15) is 0 Å². The molecule has 1 fully saturated rings. The fourth-order valence-electron chi connectivity index (χ4n) is 3.49. The van der Waals surface area contributed by atoms with Gasteiger partial charge < -0.3 is 15.1 Å². The van der Waals surface area contributed by atoms with E-state index in [-0.39, 0.29) is 10.8 Å². The molecule has 1 aliphatic heterocycles. The molecule has 0 aliphatic carbocycles. The van der Waals surface area contributed by atoms with Crippen LogP contribution < -0.4 is 9.62 Å². The van der Waals surface area contributed by atoms with E-state index in [0.717, 1.165) is 39.1 Å². The van der Waals surface area contributed by atoms with Crippen molar-refractivity contribution in [2.45, 2.75) is 11.3 Å². The lowest BCUT2D eigenvalue weighted by molar-refractivity contribution is 0.0950. The van der Waals surface area contributed by atoms with Gasteiger partial charge in [-0.05, 0) is 44.3 Å². The van der Waals surface area contributed by atoms with Crippen molar-refractivity contribution in [1.29, 1.82) is 0 Å². The van der Waals surface area contributed by atoms with Gasteiger partial charge in [0.25, 0.3) is 15.9 Å². The lowest BCUT2D eigenvalue weighted by atomic mass is 10.1. The number of piperazine rings is 1. The molecule has 0 unspecified atom stereocenters. The van der Waals surface area contributed by atoms with E-state index in [4.69, 9.17) is 0 Å². The Balaban J connectivity index is 1.62. The summed E-state index contributed by atoms with van der Waals surface area (Å²) in [4.78, 5) is 17.7. The third-order valence-electron chi connectivity index (χ3n) is 5.42. The van der Waals surface area contributed by atoms with Crippen LogP contribution in [0.3, 0.4) is 0 Å². The Morgan fingerprint density at radius 3 is 2.33 bits per heavy atom. The van der Waals surface area contributed by atoms with E-state index < -0.39 is 10.0 Å². The van der Waals surface area contributed by atoms with Gasteiger partial charge >= 0.3 is 0 Å². The van der Waals surface area contributed by atoms with Crippen LogP contribution in [-0.4, -0.2) is 77.5 Å². The first kappa shape index (κ1) is 22.3. The third-order valence-corrected chi connectivity index (χ3v) is 7.21. The van der Waals surface area contributed by atoms with E-state index in [1.54, 1.807) is 54.6 Å². The Morgan fingerprint density at radius 1 is 1.00 bits per heavy atom. The van der Waals surface area contributed by atoms with Crippen LogP contribution in [0, 0.1) is 0 Å². The zero-order valence-electron chi connectivity index (χ0n) is 17.6. The number of benzene rings is 2. The standard InChI is InChI=1S/C22H30N4O3S/c1-24-15-17-26(18-16-24)14-8-13-23-22(27)20-11-6-7-12-21(20)25(2)30(28,29)19-9-4-3-5-10-19/h3-7,9-12H,8,13-18H2,1-2H3,(H,23,27). The molecule has 0 saturated carbocycles. The van der Waals surface area contributed by atoms with E-state index in [1.807, 2.05) is 0 Å². The molecule has 1 heterocycles. The fraction of sp³-hybridized carbons (Fsp3) is 0.409. The Labute approximate surface area is 179 Å². The summed E-state index contributed by atoms with van der Waals surface area (Å²) < 4.78 is 27.1. The zero-order valence-corrected chi connectivity index (χ0v) is 18.4.